The topological polar surface area (TPSA) is 76.1 Å². The first-order valence-electron chi connectivity index (χ1n) is 8.94. The van der Waals surface area contributed by atoms with Gasteiger partial charge in [0.2, 0.25) is 5.91 Å². The molecule has 0 aliphatic carbocycles. The lowest BCUT2D eigenvalue weighted by atomic mass is 9.95. The highest BCUT2D eigenvalue weighted by Crippen LogP contribution is 2.30. The molecular formula is C19H25NO5. The quantitative estimate of drug-likeness (QED) is 0.818. The van der Waals surface area contributed by atoms with Crippen molar-refractivity contribution in [2.45, 2.75) is 44.3 Å². The van der Waals surface area contributed by atoms with E-state index in [1.165, 1.54) is 5.56 Å². The molecule has 0 radical (unpaired) electrons. The van der Waals surface area contributed by atoms with Gasteiger partial charge < -0.3 is 19.5 Å². The first-order chi connectivity index (χ1) is 12.1. The Labute approximate surface area is 147 Å². The minimum Gasteiger partial charge on any atom is -0.481 e. The summed E-state index contributed by atoms with van der Waals surface area (Å²) in [5.41, 5.74) is 2.29. The minimum atomic E-state index is -0.899. The fourth-order valence-electron chi connectivity index (χ4n) is 3.52. The molecule has 1 N–H and O–H groups in total. The maximum atomic E-state index is 12.8. The number of carbonyl (C=O) groups is 2. The van der Waals surface area contributed by atoms with E-state index in [2.05, 4.69) is 6.07 Å². The highest BCUT2D eigenvalue weighted by atomic mass is 16.5. The Balaban J connectivity index is 1.65. The molecule has 1 fully saturated rings. The average Bonchev–Trinajstić information content (AvgIpc) is 3.12. The number of carboxylic acids is 1. The van der Waals surface area contributed by atoms with Crippen molar-refractivity contribution in [2.75, 3.05) is 26.3 Å². The molecule has 0 saturated carbocycles. The van der Waals surface area contributed by atoms with Gasteiger partial charge in [0.25, 0.3) is 0 Å². The maximum absolute atomic E-state index is 12.8. The number of rotatable bonds is 7. The third-order valence-electron chi connectivity index (χ3n) is 4.85. The van der Waals surface area contributed by atoms with Crippen LogP contribution in [0.1, 0.15) is 42.9 Å². The molecule has 136 valence electrons. The van der Waals surface area contributed by atoms with Crippen LogP contribution in [0.3, 0.4) is 0 Å². The third-order valence-corrected chi connectivity index (χ3v) is 4.85. The number of carboxylic acid groups (broad SMARTS) is 1. The fourth-order valence-corrected chi connectivity index (χ4v) is 3.52. The van der Waals surface area contributed by atoms with Crippen molar-refractivity contribution in [3.05, 3.63) is 35.4 Å². The standard InChI is InChI=1S/C19H25NO5/c21-18(12-17-16-6-2-1-4-14(16)8-11-25-17)20(9-7-19(22)23)13-15-5-3-10-24-15/h1-2,4,6,15,17H,3,5,7-13H2,(H,22,23)/t15-,17+/m1/s1. The molecule has 1 aromatic carbocycles. The van der Waals surface area contributed by atoms with E-state index in [0.717, 1.165) is 24.8 Å². The summed E-state index contributed by atoms with van der Waals surface area (Å²) in [5.74, 6) is -0.970. The molecule has 2 aliphatic rings. The second-order valence-electron chi connectivity index (χ2n) is 6.63. The average molecular weight is 347 g/mol. The first kappa shape index (κ1) is 17.9. The third kappa shape index (κ3) is 4.80. The monoisotopic (exact) mass is 347 g/mol. The smallest absolute Gasteiger partial charge is 0.305 e. The molecule has 6 heteroatoms. The Bertz CT molecular complexity index is 612. The van der Waals surface area contributed by atoms with Gasteiger partial charge in [-0.2, -0.15) is 0 Å². The number of ether oxygens (including phenoxy) is 2. The zero-order chi connectivity index (χ0) is 17.6. The van der Waals surface area contributed by atoms with Gasteiger partial charge in [-0.05, 0) is 30.4 Å². The van der Waals surface area contributed by atoms with Crippen molar-refractivity contribution in [3.8, 4) is 0 Å². The molecule has 6 nitrogen and oxygen atoms in total. The van der Waals surface area contributed by atoms with Crippen LogP contribution >= 0.6 is 0 Å². The van der Waals surface area contributed by atoms with Crippen LogP contribution in [-0.2, 0) is 25.5 Å². The Morgan fingerprint density at radius 3 is 2.80 bits per heavy atom. The summed E-state index contributed by atoms with van der Waals surface area (Å²) >= 11 is 0. The van der Waals surface area contributed by atoms with Gasteiger partial charge in [0.05, 0.1) is 31.7 Å². The van der Waals surface area contributed by atoms with Crippen molar-refractivity contribution >= 4 is 11.9 Å². The number of aliphatic carboxylic acids is 1. The Hall–Kier alpha value is -1.92. The van der Waals surface area contributed by atoms with E-state index in [0.29, 0.717) is 19.8 Å². The predicted octanol–water partition coefficient (Wildman–Crippen LogP) is 2.17. The lowest BCUT2D eigenvalue weighted by Gasteiger charge is -2.30. The zero-order valence-electron chi connectivity index (χ0n) is 14.4. The zero-order valence-corrected chi connectivity index (χ0v) is 14.4. The Morgan fingerprint density at radius 2 is 2.04 bits per heavy atom. The van der Waals surface area contributed by atoms with Gasteiger partial charge in [-0.15, -0.1) is 0 Å². The van der Waals surface area contributed by atoms with Gasteiger partial charge in [-0.3, -0.25) is 9.59 Å². The van der Waals surface area contributed by atoms with Gasteiger partial charge in [0.1, 0.15) is 0 Å². The summed E-state index contributed by atoms with van der Waals surface area (Å²) < 4.78 is 11.4. The van der Waals surface area contributed by atoms with Crippen LogP contribution in [0.15, 0.2) is 24.3 Å². The summed E-state index contributed by atoms with van der Waals surface area (Å²) in [6.07, 6.45) is 2.71. The van der Waals surface area contributed by atoms with Gasteiger partial charge in [-0.1, -0.05) is 24.3 Å². The lowest BCUT2D eigenvalue weighted by Crippen LogP contribution is -2.39. The molecule has 1 aromatic rings. The van der Waals surface area contributed by atoms with Gasteiger partial charge in [0.15, 0.2) is 0 Å². The van der Waals surface area contributed by atoms with Crippen molar-refractivity contribution in [3.63, 3.8) is 0 Å². The molecule has 3 rings (SSSR count). The van der Waals surface area contributed by atoms with Crippen LogP contribution < -0.4 is 0 Å². The summed E-state index contributed by atoms with van der Waals surface area (Å²) in [7, 11) is 0. The highest BCUT2D eigenvalue weighted by molar-refractivity contribution is 5.78. The molecule has 0 aromatic heterocycles. The number of amides is 1. The van der Waals surface area contributed by atoms with E-state index in [1.54, 1.807) is 4.90 Å². The number of benzene rings is 1. The number of fused-ring (bicyclic) bond motifs is 1. The van der Waals surface area contributed by atoms with Gasteiger partial charge in [-0.25, -0.2) is 0 Å². The summed E-state index contributed by atoms with van der Waals surface area (Å²) in [6.45, 7) is 1.99. The van der Waals surface area contributed by atoms with E-state index >= 15 is 0 Å². The van der Waals surface area contributed by atoms with E-state index in [-0.39, 0.29) is 37.5 Å². The molecule has 0 unspecified atom stereocenters. The molecule has 0 spiro atoms. The normalized spacial score (nSPS) is 22.4. The molecular weight excluding hydrogens is 322 g/mol. The van der Waals surface area contributed by atoms with E-state index in [9.17, 15) is 9.59 Å². The highest BCUT2D eigenvalue weighted by Gasteiger charge is 2.28. The Kier molecular flexibility index (Phi) is 6.04. The second kappa shape index (κ2) is 8.45. The Morgan fingerprint density at radius 1 is 1.20 bits per heavy atom. The van der Waals surface area contributed by atoms with Crippen LogP contribution in [-0.4, -0.2) is 54.3 Å². The van der Waals surface area contributed by atoms with Crippen molar-refractivity contribution < 1.29 is 24.2 Å². The summed E-state index contributed by atoms with van der Waals surface area (Å²) in [4.78, 5) is 25.4. The predicted molar refractivity (Wildman–Crippen MR) is 91.3 cm³/mol. The van der Waals surface area contributed by atoms with Gasteiger partial charge >= 0.3 is 5.97 Å². The second-order valence-corrected chi connectivity index (χ2v) is 6.63. The molecule has 2 atom stereocenters. The van der Waals surface area contributed by atoms with Crippen molar-refractivity contribution in [1.82, 2.24) is 4.90 Å². The molecule has 2 aliphatic heterocycles. The van der Waals surface area contributed by atoms with Crippen LogP contribution in [0.2, 0.25) is 0 Å². The van der Waals surface area contributed by atoms with E-state index < -0.39 is 5.97 Å². The van der Waals surface area contributed by atoms with Crippen LogP contribution in [0.25, 0.3) is 0 Å². The number of carbonyl (C=O) groups excluding carboxylic acids is 1. The van der Waals surface area contributed by atoms with Gasteiger partial charge in [0, 0.05) is 19.7 Å². The van der Waals surface area contributed by atoms with Crippen molar-refractivity contribution in [1.29, 1.82) is 0 Å². The summed E-state index contributed by atoms with van der Waals surface area (Å²) in [5, 5.41) is 8.96. The van der Waals surface area contributed by atoms with E-state index in [4.69, 9.17) is 14.6 Å². The SMILES string of the molecule is O=C(O)CCN(C[C@H]1CCCO1)C(=O)C[C@@H]1OCCc2ccccc21. The number of hydrogen-bond donors (Lipinski definition) is 1. The molecule has 2 heterocycles. The number of hydrogen-bond acceptors (Lipinski definition) is 4. The lowest BCUT2D eigenvalue weighted by molar-refractivity contribution is -0.140. The molecule has 1 amide bonds. The maximum Gasteiger partial charge on any atom is 0.305 e. The largest absolute Gasteiger partial charge is 0.481 e. The number of nitrogens with zero attached hydrogens (tertiary/aromatic N) is 1. The summed E-state index contributed by atoms with van der Waals surface area (Å²) in [6, 6.07) is 8.04. The van der Waals surface area contributed by atoms with Crippen LogP contribution in [0.4, 0.5) is 0 Å². The first-order valence-corrected chi connectivity index (χ1v) is 8.94. The minimum absolute atomic E-state index is 0.0114. The fraction of sp³-hybridized carbons (Fsp3) is 0.579. The molecule has 25 heavy (non-hydrogen) atoms. The van der Waals surface area contributed by atoms with E-state index in [1.807, 2.05) is 18.2 Å². The molecule has 1 saturated heterocycles. The molecule has 0 bridgehead atoms. The van der Waals surface area contributed by atoms with Crippen LogP contribution in [0, 0.1) is 0 Å². The van der Waals surface area contributed by atoms with Crippen LogP contribution in [0.5, 0.6) is 0 Å². The van der Waals surface area contributed by atoms with Crippen molar-refractivity contribution in [2.24, 2.45) is 0 Å².